The van der Waals surface area contributed by atoms with Crippen LogP contribution in [0.4, 0.5) is 0 Å². The number of nitrogens with one attached hydrogen (secondary N) is 2. The van der Waals surface area contributed by atoms with Crippen molar-refractivity contribution in [1.29, 1.82) is 0 Å². The van der Waals surface area contributed by atoms with Crippen LogP contribution in [0.15, 0.2) is 0 Å². The smallest absolute Gasteiger partial charge is 0.291 e. The van der Waals surface area contributed by atoms with Crippen LogP contribution in [0, 0.1) is 0 Å². The number of hydrogen-bond donors (Lipinski definition) is 2. The lowest BCUT2D eigenvalue weighted by Crippen LogP contribution is -2.34. The minimum Gasteiger partial charge on any atom is -0.381 e. The van der Waals surface area contributed by atoms with Gasteiger partial charge in [-0.25, -0.2) is 4.98 Å². The summed E-state index contributed by atoms with van der Waals surface area (Å²) >= 11 is 0. The molecule has 1 aromatic rings. The molecule has 0 saturated heterocycles. The van der Waals surface area contributed by atoms with Gasteiger partial charge >= 0.3 is 0 Å². The van der Waals surface area contributed by atoms with Crippen molar-refractivity contribution in [2.24, 2.45) is 0 Å². The predicted octanol–water partition coefficient (Wildman–Crippen LogP) is 1.05. The molecule has 2 N–H and O–H groups in total. The first kappa shape index (κ1) is 13.0. The fourth-order valence-corrected chi connectivity index (χ4v) is 2.28. The Morgan fingerprint density at radius 3 is 3.06 bits per heavy atom. The molecule has 100 valence electrons. The van der Waals surface area contributed by atoms with Crippen LogP contribution in [-0.2, 0) is 11.2 Å². The lowest BCUT2D eigenvalue weighted by molar-refractivity contribution is 0.0906. The van der Waals surface area contributed by atoms with E-state index in [1.807, 2.05) is 0 Å². The van der Waals surface area contributed by atoms with Crippen LogP contribution in [0.5, 0.6) is 0 Å². The van der Waals surface area contributed by atoms with Crippen LogP contribution in [0.3, 0.4) is 0 Å². The molecule has 0 aromatic carbocycles. The molecule has 0 bridgehead atoms. The summed E-state index contributed by atoms with van der Waals surface area (Å²) in [6, 6.07) is 0.176. The Labute approximate surface area is 107 Å². The van der Waals surface area contributed by atoms with Crippen molar-refractivity contribution in [1.82, 2.24) is 20.5 Å². The minimum absolute atomic E-state index is 0.176. The molecule has 1 saturated carbocycles. The number of carbonyl (C=O) groups excluding carboxylic acids is 1. The van der Waals surface area contributed by atoms with E-state index in [1.54, 1.807) is 7.11 Å². The molecule has 2 atom stereocenters. The van der Waals surface area contributed by atoms with Crippen LogP contribution in [0.25, 0.3) is 0 Å². The summed E-state index contributed by atoms with van der Waals surface area (Å²) in [6.07, 6.45) is 4.88. The third-order valence-electron chi connectivity index (χ3n) is 3.27. The molecular formula is C12H20N4O2. The van der Waals surface area contributed by atoms with Crippen molar-refractivity contribution < 1.29 is 9.53 Å². The highest BCUT2D eigenvalue weighted by Crippen LogP contribution is 2.21. The summed E-state index contributed by atoms with van der Waals surface area (Å²) in [5.41, 5.74) is 0. The van der Waals surface area contributed by atoms with Gasteiger partial charge < -0.3 is 10.1 Å². The molecule has 1 heterocycles. The molecule has 1 aliphatic rings. The van der Waals surface area contributed by atoms with Crippen LogP contribution < -0.4 is 5.32 Å². The highest BCUT2D eigenvalue weighted by molar-refractivity contribution is 5.90. The number of H-pyrrole nitrogens is 1. The molecule has 1 aromatic heterocycles. The van der Waals surface area contributed by atoms with Gasteiger partial charge in [-0.15, -0.1) is 5.10 Å². The minimum atomic E-state index is -0.199. The number of nitrogens with zero attached hydrogens (tertiary/aromatic N) is 2. The van der Waals surface area contributed by atoms with E-state index in [0.29, 0.717) is 0 Å². The maximum Gasteiger partial charge on any atom is 0.291 e. The summed E-state index contributed by atoms with van der Waals surface area (Å²) in [6.45, 7) is 2.06. The fourth-order valence-electron chi connectivity index (χ4n) is 2.28. The molecular weight excluding hydrogens is 232 g/mol. The SMILES string of the molecule is CCCc1nc(C(=O)NC2CCC(OC)C2)n[nH]1. The molecule has 6 heteroatoms. The lowest BCUT2D eigenvalue weighted by atomic mass is 10.2. The molecule has 0 aliphatic heterocycles. The molecule has 1 aliphatic carbocycles. The van der Waals surface area contributed by atoms with Gasteiger partial charge in [0.05, 0.1) is 6.10 Å². The van der Waals surface area contributed by atoms with Crippen LogP contribution in [0.2, 0.25) is 0 Å². The summed E-state index contributed by atoms with van der Waals surface area (Å²) in [5.74, 6) is 0.804. The monoisotopic (exact) mass is 252 g/mol. The molecule has 2 rings (SSSR count). The Morgan fingerprint density at radius 1 is 1.56 bits per heavy atom. The van der Waals surface area contributed by atoms with Crippen LogP contribution in [-0.4, -0.2) is 40.3 Å². The molecule has 2 unspecified atom stereocenters. The van der Waals surface area contributed by atoms with Crippen LogP contribution >= 0.6 is 0 Å². The van der Waals surface area contributed by atoms with E-state index >= 15 is 0 Å². The second-order valence-electron chi connectivity index (χ2n) is 4.70. The number of rotatable bonds is 5. The van der Waals surface area contributed by atoms with Crippen molar-refractivity contribution >= 4 is 5.91 Å². The summed E-state index contributed by atoms with van der Waals surface area (Å²) in [7, 11) is 1.71. The first-order chi connectivity index (χ1) is 8.72. The zero-order chi connectivity index (χ0) is 13.0. The highest BCUT2D eigenvalue weighted by atomic mass is 16.5. The third kappa shape index (κ3) is 3.07. The summed E-state index contributed by atoms with van der Waals surface area (Å²) in [5, 5.41) is 9.67. The van der Waals surface area contributed by atoms with Crippen LogP contribution in [0.1, 0.15) is 49.1 Å². The maximum absolute atomic E-state index is 11.9. The topological polar surface area (TPSA) is 79.9 Å². The number of carbonyl (C=O) groups is 1. The zero-order valence-corrected chi connectivity index (χ0v) is 10.9. The van der Waals surface area contributed by atoms with E-state index in [9.17, 15) is 4.79 Å². The van der Waals surface area contributed by atoms with E-state index < -0.39 is 0 Å². The number of aryl methyl sites for hydroxylation is 1. The number of hydrogen-bond acceptors (Lipinski definition) is 4. The zero-order valence-electron chi connectivity index (χ0n) is 10.9. The van der Waals surface area contributed by atoms with Gasteiger partial charge in [0.2, 0.25) is 5.82 Å². The third-order valence-corrected chi connectivity index (χ3v) is 3.27. The number of methoxy groups -OCH3 is 1. The van der Waals surface area contributed by atoms with Gasteiger partial charge in [-0.3, -0.25) is 9.89 Å². The van der Waals surface area contributed by atoms with Gasteiger partial charge in [0.1, 0.15) is 5.82 Å². The van der Waals surface area contributed by atoms with E-state index in [2.05, 4.69) is 27.4 Å². The second kappa shape index (κ2) is 5.95. The van der Waals surface area contributed by atoms with Gasteiger partial charge in [-0.05, 0) is 25.7 Å². The molecule has 18 heavy (non-hydrogen) atoms. The van der Waals surface area contributed by atoms with Gasteiger partial charge in [0.15, 0.2) is 0 Å². The Bertz CT molecular complexity index is 405. The highest BCUT2D eigenvalue weighted by Gasteiger charge is 2.26. The summed E-state index contributed by atoms with van der Waals surface area (Å²) in [4.78, 5) is 16.1. The quantitative estimate of drug-likeness (QED) is 0.821. The molecule has 0 spiro atoms. The Balaban J connectivity index is 1.87. The number of ether oxygens (including phenoxy) is 1. The van der Waals surface area contributed by atoms with E-state index in [4.69, 9.17) is 4.74 Å². The molecule has 1 fully saturated rings. The number of aromatic amines is 1. The largest absolute Gasteiger partial charge is 0.381 e. The first-order valence-electron chi connectivity index (χ1n) is 6.47. The normalized spacial score (nSPS) is 23.2. The Kier molecular flexibility index (Phi) is 4.30. The van der Waals surface area contributed by atoms with Crippen molar-refractivity contribution in [3.8, 4) is 0 Å². The number of aromatic nitrogens is 3. The fraction of sp³-hybridized carbons (Fsp3) is 0.750. The number of amides is 1. The second-order valence-corrected chi connectivity index (χ2v) is 4.70. The van der Waals surface area contributed by atoms with Crippen molar-refractivity contribution in [3.63, 3.8) is 0 Å². The van der Waals surface area contributed by atoms with Gasteiger partial charge in [-0.1, -0.05) is 6.92 Å². The van der Waals surface area contributed by atoms with Crippen molar-refractivity contribution in [2.75, 3.05) is 7.11 Å². The molecule has 1 amide bonds. The van der Waals surface area contributed by atoms with E-state index in [-0.39, 0.29) is 23.9 Å². The van der Waals surface area contributed by atoms with E-state index in [1.165, 1.54) is 0 Å². The van der Waals surface area contributed by atoms with Gasteiger partial charge in [0.25, 0.3) is 5.91 Å². The van der Waals surface area contributed by atoms with Gasteiger partial charge in [-0.2, -0.15) is 0 Å². The first-order valence-corrected chi connectivity index (χ1v) is 6.47. The van der Waals surface area contributed by atoms with Crippen molar-refractivity contribution in [2.45, 2.75) is 51.2 Å². The van der Waals surface area contributed by atoms with Gasteiger partial charge in [0, 0.05) is 19.6 Å². The van der Waals surface area contributed by atoms with Crippen molar-refractivity contribution in [3.05, 3.63) is 11.6 Å². The molecule has 6 nitrogen and oxygen atoms in total. The Morgan fingerprint density at radius 2 is 2.39 bits per heavy atom. The van der Waals surface area contributed by atoms with E-state index in [0.717, 1.165) is 37.9 Å². The standard InChI is InChI=1S/C12H20N4O2/c1-3-4-10-14-11(16-15-10)12(17)13-8-5-6-9(7-8)18-2/h8-9H,3-7H2,1-2H3,(H,13,17)(H,14,15,16). The Hall–Kier alpha value is -1.43. The average Bonchev–Trinajstić information content (AvgIpc) is 2.98. The average molecular weight is 252 g/mol. The summed E-state index contributed by atoms with van der Waals surface area (Å²) < 4.78 is 5.28. The molecule has 0 radical (unpaired) electrons. The maximum atomic E-state index is 11.9. The lowest BCUT2D eigenvalue weighted by Gasteiger charge is -2.11. The predicted molar refractivity (Wildman–Crippen MR) is 66.3 cm³/mol.